The minimum absolute atomic E-state index is 0.269. The molecule has 3 aromatic rings. The first kappa shape index (κ1) is 26.1. The van der Waals surface area contributed by atoms with Gasteiger partial charge in [-0.15, -0.1) is 0 Å². The van der Waals surface area contributed by atoms with Gasteiger partial charge in [0.25, 0.3) is 10.0 Å². The molecule has 2 fully saturated rings. The van der Waals surface area contributed by atoms with Gasteiger partial charge in [-0.2, -0.15) is 0 Å². The number of nitrogens with zero attached hydrogens (tertiary/aromatic N) is 2. The number of sulfonamides is 1. The molecule has 2 aromatic carbocycles. The van der Waals surface area contributed by atoms with Crippen LogP contribution in [0.5, 0.6) is 0 Å². The number of aromatic nitrogens is 1. The Morgan fingerprint density at radius 3 is 2.49 bits per heavy atom. The van der Waals surface area contributed by atoms with Crippen LogP contribution in [0.2, 0.25) is 0 Å². The second-order valence-electron chi connectivity index (χ2n) is 11.1. The third-order valence-corrected chi connectivity index (χ3v) is 9.35. The van der Waals surface area contributed by atoms with E-state index < -0.39 is 10.0 Å². The summed E-state index contributed by atoms with van der Waals surface area (Å²) < 4.78 is 35.8. The number of piperidine rings is 1. The predicted molar refractivity (Wildman–Crippen MR) is 149 cm³/mol. The van der Waals surface area contributed by atoms with E-state index in [1.165, 1.54) is 12.8 Å². The van der Waals surface area contributed by atoms with Gasteiger partial charge in [-0.05, 0) is 99.4 Å². The highest BCUT2D eigenvalue weighted by atomic mass is 32.2. The molecule has 2 saturated heterocycles. The average molecular weight is 522 g/mol. The Bertz CT molecular complexity index is 1310. The zero-order valence-corrected chi connectivity index (χ0v) is 23.0. The number of hydrogen-bond donors (Lipinski definition) is 1. The van der Waals surface area contributed by atoms with Crippen LogP contribution in [0.15, 0.2) is 59.6 Å². The fourth-order valence-corrected chi connectivity index (χ4v) is 7.10. The predicted octanol–water partition coefficient (Wildman–Crippen LogP) is 5.81. The van der Waals surface area contributed by atoms with Crippen molar-refractivity contribution in [2.24, 2.45) is 5.92 Å². The summed E-state index contributed by atoms with van der Waals surface area (Å²) in [7, 11) is -1.48. The van der Waals surface area contributed by atoms with E-state index in [0.717, 1.165) is 60.7 Å². The summed E-state index contributed by atoms with van der Waals surface area (Å²) >= 11 is 0. The summed E-state index contributed by atoms with van der Waals surface area (Å²) in [4.78, 5) is 7.21. The molecule has 2 aliphatic heterocycles. The molecule has 6 nitrogen and oxygen atoms in total. The second kappa shape index (κ2) is 11.1. The number of aryl methyl sites for hydroxylation is 1. The zero-order valence-electron chi connectivity index (χ0n) is 22.2. The monoisotopic (exact) mass is 521 g/mol. The van der Waals surface area contributed by atoms with Gasteiger partial charge in [0.1, 0.15) is 0 Å². The first-order valence-corrected chi connectivity index (χ1v) is 15.1. The molecule has 3 heterocycles. The molecule has 198 valence electrons. The van der Waals surface area contributed by atoms with E-state index in [2.05, 4.69) is 35.5 Å². The molecule has 0 aliphatic carbocycles. The van der Waals surface area contributed by atoms with Gasteiger partial charge >= 0.3 is 0 Å². The van der Waals surface area contributed by atoms with Crippen LogP contribution >= 0.6 is 0 Å². The van der Waals surface area contributed by atoms with Gasteiger partial charge in [0.15, 0.2) is 0 Å². The van der Waals surface area contributed by atoms with Gasteiger partial charge in [0.2, 0.25) is 0 Å². The fourth-order valence-electron chi connectivity index (χ4n) is 5.98. The number of nitrogens with one attached hydrogen (secondary N) is 1. The van der Waals surface area contributed by atoms with Crippen LogP contribution < -0.4 is 4.72 Å². The summed E-state index contributed by atoms with van der Waals surface area (Å²) in [6.07, 6.45) is 9.62. The first-order chi connectivity index (χ1) is 17.8. The number of anilines is 1. The van der Waals surface area contributed by atoms with E-state index in [9.17, 15) is 8.42 Å². The van der Waals surface area contributed by atoms with Gasteiger partial charge in [0, 0.05) is 30.3 Å². The van der Waals surface area contributed by atoms with Crippen molar-refractivity contribution >= 4 is 26.6 Å². The standard InChI is InChI=1S/C30H39N3O3S/c1-21(2)18-23-10-15-29-28(7-4-16-31-29)30(23)32-37(34,35)27-13-8-22(9-14-27)6-5-17-36-26-19-24-11-12-25(20-26)33(24)3/h4,7-10,13-16,21,24-26,32H,5-6,11-12,17-20H2,1-3H3/t24-,25+,26?. The van der Waals surface area contributed by atoms with Crippen LogP contribution in [0.3, 0.4) is 0 Å². The van der Waals surface area contributed by atoms with Gasteiger partial charge < -0.3 is 9.64 Å². The SMILES string of the molecule is CC(C)Cc1ccc2ncccc2c1NS(=O)(=O)c1ccc(CCCOC2C[C@H]3CC[C@@H](C2)N3C)cc1. The molecule has 0 amide bonds. The molecule has 0 saturated carbocycles. The van der Waals surface area contributed by atoms with Crippen LogP contribution in [-0.4, -0.2) is 50.1 Å². The molecule has 0 spiro atoms. The Balaban J connectivity index is 1.21. The van der Waals surface area contributed by atoms with E-state index in [0.29, 0.717) is 29.8 Å². The van der Waals surface area contributed by atoms with Crippen LogP contribution in [0, 0.1) is 5.92 Å². The maximum Gasteiger partial charge on any atom is 0.261 e. The number of rotatable bonds is 10. The molecular weight excluding hydrogens is 482 g/mol. The Labute approximate surface area is 221 Å². The Kier molecular flexibility index (Phi) is 7.84. The normalized spacial score (nSPS) is 22.1. The summed E-state index contributed by atoms with van der Waals surface area (Å²) in [6.45, 7) is 5.02. The molecule has 1 unspecified atom stereocenters. The van der Waals surface area contributed by atoms with Gasteiger partial charge in [-0.1, -0.05) is 32.0 Å². The van der Waals surface area contributed by atoms with Crippen molar-refractivity contribution in [3.63, 3.8) is 0 Å². The van der Waals surface area contributed by atoms with Crippen molar-refractivity contribution < 1.29 is 13.2 Å². The molecule has 2 aliphatic rings. The van der Waals surface area contributed by atoms with Crippen molar-refractivity contribution in [3.05, 3.63) is 65.9 Å². The van der Waals surface area contributed by atoms with E-state index in [-0.39, 0.29) is 4.90 Å². The molecule has 0 radical (unpaired) electrons. The van der Waals surface area contributed by atoms with Crippen molar-refractivity contribution in [3.8, 4) is 0 Å². The average Bonchev–Trinajstić information content (AvgIpc) is 3.08. The lowest BCUT2D eigenvalue weighted by Gasteiger charge is -2.36. The molecule has 1 aromatic heterocycles. The largest absolute Gasteiger partial charge is 0.378 e. The lowest BCUT2D eigenvalue weighted by atomic mass is 9.99. The molecule has 37 heavy (non-hydrogen) atoms. The number of hydrogen-bond acceptors (Lipinski definition) is 5. The highest BCUT2D eigenvalue weighted by molar-refractivity contribution is 7.92. The highest BCUT2D eigenvalue weighted by Gasteiger charge is 2.38. The van der Waals surface area contributed by atoms with Crippen molar-refractivity contribution in [1.29, 1.82) is 0 Å². The lowest BCUT2D eigenvalue weighted by Crippen LogP contribution is -2.42. The molecule has 2 bridgehead atoms. The fraction of sp³-hybridized carbons (Fsp3) is 0.500. The molecule has 7 heteroatoms. The quantitative estimate of drug-likeness (QED) is 0.341. The lowest BCUT2D eigenvalue weighted by molar-refractivity contribution is -0.0129. The topological polar surface area (TPSA) is 71.5 Å². The van der Waals surface area contributed by atoms with E-state index in [1.54, 1.807) is 18.3 Å². The van der Waals surface area contributed by atoms with Crippen LogP contribution in [0.4, 0.5) is 5.69 Å². The van der Waals surface area contributed by atoms with Gasteiger partial charge in [0.05, 0.1) is 22.2 Å². The molecule has 1 N–H and O–H groups in total. The van der Waals surface area contributed by atoms with E-state index in [1.807, 2.05) is 36.4 Å². The smallest absolute Gasteiger partial charge is 0.261 e. The maximum atomic E-state index is 13.4. The molecule has 5 rings (SSSR count). The third kappa shape index (κ3) is 6.00. The number of ether oxygens (including phenoxy) is 1. The van der Waals surface area contributed by atoms with E-state index in [4.69, 9.17) is 4.74 Å². The van der Waals surface area contributed by atoms with Crippen LogP contribution in [-0.2, 0) is 27.6 Å². The summed E-state index contributed by atoms with van der Waals surface area (Å²) in [5.74, 6) is 0.398. The first-order valence-electron chi connectivity index (χ1n) is 13.6. The third-order valence-electron chi connectivity index (χ3n) is 7.99. The molecule has 3 atom stereocenters. The second-order valence-corrected chi connectivity index (χ2v) is 12.8. The van der Waals surface area contributed by atoms with Gasteiger partial charge in [-0.3, -0.25) is 9.71 Å². The van der Waals surface area contributed by atoms with Crippen LogP contribution in [0.1, 0.15) is 57.1 Å². The van der Waals surface area contributed by atoms with Gasteiger partial charge in [-0.25, -0.2) is 8.42 Å². The number of pyridine rings is 1. The Hall–Kier alpha value is -2.48. The maximum absolute atomic E-state index is 13.4. The van der Waals surface area contributed by atoms with Crippen molar-refractivity contribution in [1.82, 2.24) is 9.88 Å². The summed E-state index contributed by atoms with van der Waals surface area (Å²) in [5.41, 5.74) is 3.51. The van der Waals surface area contributed by atoms with Crippen molar-refractivity contribution in [2.75, 3.05) is 18.4 Å². The Morgan fingerprint density at radius 2 is 1.78 bits per heavy atom. The molecular formula is C30H39N3O3S. The number of fused-ring (bicyclic) bond motifs is 3. The van der Waals surface area contributed by atoms with Crippen molar-refractivity contribution in [2.45, 2.75) is 81.9 Å². The minimum atomic E-state index is -3.74. The Morgan fingerprint density at radius 1 is 1.05 bits per heavy atom. The highest BCUT2D eigenvalue weighted by Crippen LogP contribution is 2.35. The number of benzene rings is 2. The van der Waals surface area contributed by atoms with Crippen LogP contribution in [0.25, 0.3) is 10.9 Å². The van der Waals surface area contributed by atoms with E-state index >= 15 is 0 Å². The minimum Gasteiger partial charge on any atom is -0.378 e. The zero-order chi connectivity index (χ0) is 26.0. The summed E-state index contributed by atoms with van der Waals surface area (Å²) in [6, 6.07) is 16.3. The summed E-state index contributed by atoms with van der Waals surface area (Å²) in [5, 5.41) is 0.818.